The highest BCUT2D eigenvalue weighted by Gasteiger charge is 2.39. The number of furan rings is 1. The van der Waals surface area contributed by atoms with Crippen molar-refractivity contribution in [3.63, 3.8) is 0 Å². The Balaban J connectivity index is 1.37. The van der Waals surface area contributed by atoms with E-state index >= 15 is 0 Å². The van der Waals surface area contributed by atoms with Gasteiger partial charge in [-0.1, -0.05) is 12.8 Å². The Morgan fingerprint density at radius 2 is 1.85 bits per heavy atom. The summed E-state index contributed by atoms with van der Waals surface area (Å²) in [5.41, 5.74) is 0. The van der Waals surface area contributed by atoms with Gasteiger partial charge in [0.1, 0.15) is 5.76 Å². The zero-order valence-corrected chi connectivity index (χ0v) is 15.4. The molecule has 3 fully saturated rings. The molecule has 2 saturated carbocycles. The molecule has 6 heteroatoms. The number of piperazine rings is 1. The van der Waals surface area contributed by atoms with Crippen molar-refractivity contribution in [1.82, 2.24) is 15.1 Å². The maximum absolute atomic E-state index is 13.0. The standard InChI is InChI=1S/C20H29N3O3/c24-19(21-14-17-6-3-13-26-17)18(15-4-1-2-5-15)22-9-11-23(12-10-22)20(25)16-7-8-16/h3,6,13,15-16,18H,1-2,4-5,7-12,14H2,(H,21,24)/t18-/m1/s1. The Labute approximate surface area is 154 Å². The SMILES string of the molecule is O=C(NCc1ccco1)[C@@H](C1CCCC1)N1CCN(C(=O)C2CC2)CC1. The summed E-state index contributed by atoms with van der Waals surface area (Å²) in [7, 11) is 0. The molecule has 0 bridgehead atoms. The molecule has 2 heterocycles. The number of hydrogen-bond acceptors (Lipinski definition) is 4. The summed E-state index contributed by atoms with van der Waals surface area (Å²) in [6, 6.07) is 3.64. The van der Waals surface area contributed by atoms with Gasteiger partial charge in [-0.25, -0.2) is 0 Å². The van der Waals surface area contributed by atoms with Crippen LogP contribution < -0.4 is 5.32 Å². The second-order valence-corrected chi connectivity index (χ2v) is 7.92. The Hall–Kier alpha value is -1.82. The van der Waals surface area contributed by atoms with Crippen LogP contribution in [0.25, 0.3) is 0 Å². The lowest BCUT2D eigenvalue weighted by molar-refractivity contribution is -0.136. The van der Waals surface area contributed by atoms with E-state index in [1.165, 1.54) is 12.8 Å². The van der Waals surface area contributed by atoms with E-state index < -0.39 is 0 Å². The third kappa shape index (κ3) is 3.95. The van der Waals surface area contributed by atoms with Crippen LogP contribution in [0.3, 0.4) is 0 Å². The highest BCUT2D eigenvalue weighted by molar-refractivity contribution is 5.82. The summed E-state index contributed by atoms with van der Waals surface area (Å²) in [4.78, 5) is 29.6. The molecule has 1 N–H and O–H groups in total. The van der Waals surface area contributed by atoms with Gasteiger partial charge in [-0.2, -0.15) is 0 Å². The van der Waals surface area contributed by atoms with Gasteiger partial charge in [0.2, 0.25) is 11.8 Å². The summed E-state index contributed by atoms with van der Waals surface area (Å²) < 4.78 is 5.33. The molecule has 3 aliphatic rings. The number of nitrogens with zero attached hydrogens (tertiary/aromatic N) is 2. The Morgan fingerprint density at radius 3 is 2.46 bits per heavy atom. The minimum atomic E-state index is -0.0781. The molecule has 26 heavy (non-hydrogen) atoms. The van der Waals surface area contributed by atoms with Crippen LogP contribution in [0.5, 0.6) is 0 Å². The highest BCUT2D eigenvalue weighted by Crippen LogP contribution is 2.33. The first kappa shape index (κ1) is 17.6. The molecule has 1 aromatic heterocycles. The lowest BCUT2D eigenvalue weighted by atomic mass is 9.95. The van der Waals surface area contributed by atoms with Gasteiger partial charge in [0.25, 0.3) is 0 Å². The highest BCUT2D eigenvalue weighted by atomic mass is 16.3. The van der Waals surface area contributed by atoms with Gasteiger partial charge in [0.05, 0.1) is 18.8 Å². The first-order chi connectivity index (χ1) is 12.7. The fourth-order valence-electron chi connectivity index (χ4n) is 4.45. The largest absolute Gasteiger partial charge is 0.467 e. The quantitative estimate of drug-likeness (QED) is 0.844. The van der Waals surface area contributed by atoms with E-state index in [0.717, 1.165) is 57.6 Å². The zero-order chi connectivity index (χ0) is 17.9. The molecule has 0 radical (unpaired) electrons. The van der Waals surface area contributed by atoms with E-state index in [2.05, 4.69) is 10.2 Å². The Morgan fingerprint density at radius 1 is 1.12 bits per heavy atom. The molecule has 1 aliphatic heterocycles. The van der Waals surface area contributed by atoms with Gasteiger partial charge < -0.3 is 14.6 Å². The molecular weight excluding hydrogens is 330 g/mol. The maximum Gasteiger partial charge on any atom is 0.238 e. The van der Waals surface area contributed by atoms with E-state index in [1.807, 2.05) is 17.0 Å². The third-order valence-corrected chi connectivity index (χ3v) is 6.08. The average molecular weight is 359 g/mol. The summed E-state index contributed by atoms with van der Waals surface area (Å²) in [5, 5.41) is 3.07. The summed E-state index contributed by atoms with van der Waals surface area (Å²) >= 11 is 0. The smallest absolute Gasteiger partial charge is 0.238 e. The minimum absolute atomic E-state index is 0.0781. The summed E-state index contributed by atoms with van der Waals surface area (Å²) in [6.07, 6.45) is 8.42. The van der Waals surface area contributed by atoms with Crippen LogP contribution in [0.1, 0.15) is 44.3 Å². The lowest BCUT2D eigenvalue weighted by Gasteiger charge is -2.40. The normalized spacial score (nSPS) is 23.2. The minimum Gasteiger partial charge on any atom is -0.467 e. The second-order valence-electron chi connectivity index (χ2n) is 7.92. The van der Waals surface area contributed by atoms with E-state index in [4.69, 9.17) is 4.42 Å². The second kappa shape index (κ2) is 7.82. The molecule has 0 unspecified atom stereocenters. The number of nitrogens with one attached hydrogen (secondary N) is 1. The molecule has 2 amide bonds. The summed E-state index contributed by atoms with van der Waals surface area (Å²) in [6.45, 7) is 3.55. The lowest BCUT2D eigenvalue weighted by Crippen LogP contribution is -2.58. The van der Waals surface area contributed by atoms with E-state index in [0.29, 0.717) is 18.4 Å². The zero-order valence-electron chi connectivity index (χ0n) is 15.4. The molecule has 6 nitrogen and oxygen atoms in total. The number of rotatable bonds is 6. The number of hydrogen-bond donors (Lipinski definition) is 1. The van der Waals surface area contributed by atoms with Crippen molar-refractivity contribution in [3.8, 4) is 0 Å². The number of carbonyl (C=O) groups is 2. The van der Waals surface area contributed by atoms with Gasteiger partial charge in [-0.15, -0.1) is 0 Å². The van der Waals surface area contributed by atoms with Crippen molar-refractivity contribution in [2.45, 2.75) is 51.1 Å². The van der Waals surface area contributed by atoms with Crippen molar-refractivity contribution in [1.29, 1.82) is 0 Å². The molecule has 0 spiro atoms. The van der Waals surface area contributed by atoms with Gasteiger partial charge in [0.15, 0.2) is 0 Å². The third-order valence-electron chi connectivity index (χ3n) is 6.08. The van der Waals surface area contributed by atoms with Gasteiger partial charge >= 0.3 is 0 Å². The van der Waals surface area contributed by atoms with Crippen molar-refractivity contribution in [2.24, 2.45) is 11.8 Å². The molecular formula is C20H29N3O3. The molecule has 142 valence electrons. The summed E-state index contributed by atoms with van der Waals surface area (Å²) in [5.74, 6) is 1.92. The fraction of sp³-hybridized carbons (Fsp3) is 0.700. The van der Waals surface area contributed by atoms with Crippen molar-refractivity contribution < 1.29 is 14.0 Å². The molecule has 1 saturated heterocycles. The monoisotopic (exact) mass is 359 g/mol. The number of carbonyl (C=O) groups excluding carboxylic acids is 2. The van der Waals surface area contributed by atoms with Crippen LogP contribution in [0, 0.1) is 11.8 Å². The first-order valence-corrected chi connectivity index (χ1v) is 10.1. The van der Waals surface area contributed by atoms with E-state index in [-0.39, 0.29) is 17.9 Å². The van der Waals surface area contributed by atoms with Crippen molar-refractivity contribution >= 4 is 11.8 Å². The predicted octanol–water partition coefficient (Wildman–Crippen LogP) is 2.01. The predicted molar refractivity (Wildman–Crippen MR) is 97.2 cm³/mol. The molecule has 4 rings (SSSR count). The molecule has 2 aliphatic carbocycles. The average Bonchev–Trinajstić information content (AvgIpc) is 3.14. The van der Waals surface area contributed by atoms with Gasteiger partial charge in [-0.3, -0.25) is 14.5 Å². The van der Waals surface area contributed by atoms with Gasteiger partial charge in [-0.05, 0) is 43.7 Å². The Bertz CT molecular complexity index is 612. The molecule has 1 atom stereocenters. The van der Waals surface area contributed by atoms with Gasteiger partial charge in [0, 0.05) is 32.1 Å². The fourth-order valence-corrected chi connectivity index (χ4v) is 4.45. The van der Waals surface area contributed by atoms with E-state index in [9.17, 15) is 9.59 Å². The molecule has 0 aromatic carbocycles. The van der Waals surface area contributed by atoms with Crippen molar-refractivity contribution in [3.05, 3.63) is 24.2 Å². The molecule has 1 aromatic rings. The number of amides is 2. The Kier molecular flexibility index (Phi) is 5.29. The van der Waals surface area contributed by atoms with Crippen LogP contribution in [0.2, 0.25) is 0 Å². The van der Waals surface area contributed by atoms with Crippen LogP contribution in [-0.2, 0) is 16.1 Å². The van der Waals surface area contributed by atoms with Crippen LogP contribution in [-0.4, -0.2) is 53.8 Å². The van der Waals surface area contributed by atoms with Crippen molar-refractivity contribution in [2.75, 3.05) is 26.2 Å². The van der Waals surface area contributed by atoms with Crippen LogP contribution in [0.15, 0.2) is 22.8 Å². The van der Waals surface area contributed by atoms with Crippen LogP contribution in [0.4, 0.5) is 0 Å². The maximum atomic E-state index is 13.0. The van der Waals surface area contributed by atoms with Crippen LogP contribution >= 0.6 is 0 Å². The van der Waals surface area contributed by atoms with E-state index in [1.54, 1.807) is 6.26 Å². The topological polar surface area (TPSA) is 65.8 Å². The first-order valence-electron chi connectivity index (χ1n) is 10.1.